The standard InChI is InChI=1S/C23H27N5O3/c1-15-18-14-17(11-12-19(18)28(26-15)23(30)31)24-22(29)25-21(16-8-4-3-5-9-16)20-10-6-7-13-27(20)2/h3-5,8-9,11-12,14,20-21H,6-7,10,13H2,1-2H3,(H,30,31)(H2,24,25,29)/t20-,21-/m1/s1. The minimum absolute atomic E-state index is 0.133. The first kappa shape index (κ1) is 20.9. The molecule has 0 bridgehead atoms. The van der Waals surface area contributed by atoms with E-state index in [1.807, 2.05) is 30.3 Å². The van der Waals surface area contributed by atoms with Crippen molar-refractivity contribution in [3.63, 3.8) is 0 Å². The number of aromatic nitrogens is 2. The summed E-state index contributed by atoms with van der Waals surface area (Å²) in [4.78, 5) is 26.6. The fourth-order valence-electron chi connectivity index (χ4n) is 4.38. The van der Waals surface area contributed by atoms with Gasteiger partial charge in [0.25, 0.3) is 0 Å². The molecule has 8 heteroatoms. The van der Waals surface area contributed by atoms with Crippen molar-refractivity contribution < 1.29 is 14.7 Å². The fraction of sp³-hybridized carbons (Fsp3) is 0.348. The van der Waals surface area contributed by atoms with Crippen molar-refractivity contribution in [3.05, 3.63) is 59.8 Å². The minimum atomic E-state index is -1.14. The summed E-state index contributed by atoms with van der Waals surface area (Å²) >= 11 is 0. The molecule has 2 amide bonds. The molecule has 1 saturated heterocycles. The molecule has 0 spiro atoms. The fourth-order valence-corrected chi connectivity index (χ4v) is 4.38. The zero-order valence-electron chi connectivity index (χ0n) is 17.7. The number of fused-ring (bicyclic) bond motifs is 1. The van der Waals surface area contributed by atoms with Crippen LogP contribution in [0.5, 0.6) is 0 Å². The number of anilines is 1. The number of carbonyl (C=O) groups is 2. The van der Waals surface area contributed by atoms with Gasteiger partial charge in [-0.2, -0.15) is 9.78 Å². The highest BCUT2D eigenvalue weighted by molar-refractivity contribution is 5.95. The summed E-state index contributed by atoms with van der Waals surface area (Å²) < 4.78 is 0.943. The van der Waals surface area contributed by atoms with Crippen molar-refractivity contribution >= 4 is 28.7 Å². The van der Waals surface area contributed by atoms with Gasteiger partial charge in [-0.15, -0.1) is 0 Å². The van der Waals surface area contributed by atoms with Crippen molar-refractivity contribution in [2.24, 2.45) is 0 Å². The van der Waals surface area contributed by atoms with Gasteiger partial charge < -0.3 is 20.6 Å². The number of likely N-dealkylation sites (tertiary alicyclic amines) is 1. The third-order valence-electron chi connectivity index (χ3n) is 5.96. The number of nitrogens with one attached hydrogen (secondary N) is 2. The zero-order chi connectivity index (χ0) is 22.0. The van der Waals surface area contributed by atoms with Gasteiger partial charge >= 0.3 is 12.1 Å². The first-order valence-corrected chi connectivity index (χ1v) is 10.5. The molecule has 1 aromatic heterocycles. The van der Waals surface area contributed by atoms with E-state index >= 15 is 0 Å². The van der Waals surface area contributed by atoms with Gasteiger partial charge in [-0.1, -0.05) is 36.8 Å². The maximum Gasteiger partial charge on any atom is 0.432 e. The Labute approximate surface area is 180 Å². The van der Waals surface area contributed by atoms with E-state index in [9.17, 15) is 14.7 Å². The van der Waals surface area contributed by atoms with E-state index < -0.39 is 6.09 Å². The Morgan fingerprint density at radius 2 is 1.94 bits per heavy atom. The highest BCUT2D eigenvalue weighted by Crippen LogP contribution is 2.28. The summed E-state index contributed by atoms with van der Waals surface area (Å²) in [6.45, 7) is 2.76. The molecule has 8 nitrogen and oxygen atoms in total. The van der Waals surface area contributed by atoms with Crippen LogP contribution in [0.15, 0.2) is 48.5 Å². The van der Waals surface area contributed by atoms with E-state index in [-0.39, 0.29) is 18.1 Å². The van der Waals surface area contributed by atoms with Crippen LogP contribution < -0.4 is 10.6 Å². The lowest BCUT2D eigenvalue weighted by Gasteiger charge is -2.38. The van der Waals surface area contributed by atoms with Crippen LogP contribution in [0, 0.1) is 6.92 Å². The van der Waals surface area contributed by atoms with Gasteiger partial charge in [0, 0.05) is 17.1 Å². The second-order valence-corrected chi connectivity index (χ2v) is 8.04. The van der Waals surface area contributed by atoms with Gasteiger partial charge in [0.1, 0.15) is 0 Å². The molecule has 3 N–H and O–H groups in total. The third-order valence-corrected chi connectivity index (χ3v) is 5.96. The number of piperidine rings is 1. The Morgan fingerprint density at radius 3 is 2.65 bits per heavy atom. The summed E-state index contributed by atoms with van der Waals surface area (Å²) in [7, 11) is 2.11. The zero-order valence-corrected chi connectivity index (χ0v) is 17.7. The van der Waals surface area contributed by atoms with Crippen LogP contribution in [0.3, 0.4) is 0 Å². The monoisotopic (exact) mass is 421 g/mol. The smallest absolute Gasteiger partial charge is 0.432 e. The quantitative estimate of drug-likeness (QED) is 0.586. The summed E-state index contributed by atoms with van der Waals surface area (Å²) in [6, 6.07) is 14.9. The number of benzene rings is 2. The number of nitrogens with zero attached hydrogens (tertiary/aromatic N) is 3. The van der Waals surface area contributed by atoms with E-state index in [2.05, 4.69) is 27.7 Å². The van der Waals surface area contributed by atoms with E-state index in [1.165, 1.54) is 6.42 Å². The number of amides is 2. The van der Waals surface area contributed by atoms with E-state index in [4.69, 9.17) is 0 Å². The van der Waals surface area contributed by atoms with Crippen LogP contribution in [0.4, 0.5) is 15.3 Å². The molecule has 31 heavy (non-hydrogen) atoms. The second kappa shape index (κ2) is 8.77. The van der Waals surface area contributed by atoms with Crippen LogP contribution in [-0.4, -0.2) is 51.5 Å². The number of rotatable bonds is 4. The first-order valence-electron chi connectivity index (χ1n) is 10.5. The Kier molecular flexibility index (Phi) is 5.90. The number of carbonyl (C=O) groups excluding carboxylic acids is 1. The SMILES string of the molecule is Cc1nn(C(=O)O)c2ccc(NC(=O)N[C@H](c3ccccc3)[C@H]3CCCCN3C)cc12. The molecular weight excluding hydrogens is 394 g/mol. The lowest BCUT2D eigenvalue weighted by atomic mass is 9.91. The van der Waals surface area contributed by atoms with Crippen molar-refractivity contribution in [2.45, 2.75) is 38.3 Å². The van der Waals surface area contributed by atoms with E-state index in [0.29, 0.717) is 22.3 Å². The van der Waals surface area contributed by atoms with Gasteiger partial charge in [0.15, 0.2) is 0 Å². The number of aryl methyl sites for hydroxylation is 1. The van der Waals surface area contributed by atoms with Gasteiger partial charge in [-0.3, -0.25) is 0 Å². The Morgan fingerprint density at radius 1 is 1.16 bits per heavy atom. The average molecular weight is 422 g/mol. The maximum absolute atomic E-state index is 12.9. The first-order chi connectivity index (χ1) is 14.9. The minimum Gasteiger partial charge on any atom is -0.463 e. The highest BCUT2D eigenvalue weighted by atomic mass is 16.4. The summed E-state index contributed by atoms with van der Waals surface area (Å²) in [6.07, 6.45) is 2.20. The van der Waals surface area contributed by atoms with Gasteiger partial charge in [-0.25, -0.2) is 9.59 Å². The van der Waals surface area contributed by atoms with E-state index in [0.717, 1.165) is 29.6 Å². The third kappa shape index (κ3) is 4.39. The summed E-state index contributed by atoms with van der Waals surface area (Å²) in [5.74, 6) is 0. The molecule has 3 aromatic rings. The molecule has 2 heterocycles. The molecule has 1 aliphatic rings. The van der Waals surface area contributed by atoms with Crippen molar-refractivity contribution in [1.29, 1.82) is 0 Å². The Hall–Kier alpha value is -3.39. The van der Waals surface area contributed by atoms with Gasteiger partial charge in [-0.05, 0) is 57.1 Å². The molecular formula is C23H27N5O3. The van der Waals surface area contributed by atoms with Crippen LogP contribution in [0.25, 0.3) is 10.9 Å². The predicted octanol–water partition coefficient (Wildman–Crippen LogP) is 4.22. The molecule has 0 saturated carbocycles. The molecule has 4 rings (SSSR count). The van der Waals surface area contributed by atoms with Crippen LogP contribution >= 0.6 is 0 Å². The number of likely N-dealkylation sites (N-methyl/N-ethyl adjacent to an activating group) is 1. The predicted molar refractivity (Wildman–Crippen MR) is 119 cm³/mol. The number of hydrogen-bond donors (Lipinski definition) is 3. The molecule has 2 atom stereocenters. The highest BCUT2D eigenvalue weighted by Gasteiger charge is 2.30. The lowest BCUT2D eigenvalue weighted by molar-refractivity contribution is 0.147. The van der Waals surface area contributed by atoms with E-state index in [1.54, 1.807) is 25.1 Å². The summed E-state index contributed by atoms with van der Waals surface area (Å²) in [5.41, 5.74) is 2.74. The lowest BCUT2D eigenvalue weighted by Crippen LogP contribution is -2.47. The molecule has 1 aliphatic heterocycles. The average Bonchev–Trinajstić information content (AvgIpc) is 3.10. The van der Waals surface area contributed by atoms with Crippen molar-refractivity contribution in [2.75, 3.05) is 18.9 Å². The Bertz CT molecular complexity index is 1100. The molecule has 1 fully saturated rings. The molecule has 0 aliphatic carbocycles. The van der Waals surface area contributed by atoms with Crippen LogP contribution in [-0.2, 0) is 0 Å². The topological polar surface area (TPSA) is 99.5 Å². The van der Waals surface area contributed by atoms with Crippen LogP contribution in [0.1, 0.15) is 36.6 Å². The normalized spacial score (nSPS) is 17.9. The largest absolute Gasteiger partial charge is 0.463 e. The second-order valence-electron chi connectivity index (χ2n) is 8.04. The number of hydrogen-bond acceptors (Lipinski definition) is 4. The molecule has 2 aromatic carbocycles. The molecule has 0 unspecified atom stereocenters. The van der Waals surface area contributed by atoms with Gasteiger partial charge in [0.05, 0.1) is 17.3 Å². The number of carboxylic acid groups (broad SMARTS) is 1. The maximum atomic E-state index is 12.9. The molecule has 0 radical (unpaired) electrons. The van der Waals surface area contributed by atoms with Crippen LogP contribution in [0.2, 0.25) is 0 Å². The Balaban J connectivity index is 1.55. The molecule has 162 valence electrons. The van der Waals surface area contributed by atoms with Gasteiger partial charge in [0.2, 0.25) is 0 Å². The van der Waals surface area contributed by atoms with Crippen molar-refractivity contribution in [3.8, 4) is 0 Å². The number of urea groups is 1. The summed E-state index contributed by atoms with van der Waals surface area (Å²) in [5, 5.41) is 20.1. The van der Waals surface area contributed by atoms with Crippen molar-refractivity contribution in [1.82, 2.24) is 20.0 Å².